The third kappa shape index (κ3) is 4.31. The first kappa shape index (κ1) is 22.2. The molecule has 1 aromatic heterocycles. The molecule has 0 saturated carbocycles. The maximum Gasteiger partial charge on any atom is 0.325 e. The standard InChI is InChI=1S/C24H25ClN2O5/c1-30-21-9-15-6-7-26(12-17(15)10-22(21)31-2)13-18-8-16-4-5-19(25)11-20(16)27(24(18)29)14-23(28)32-3/h4-5,8-11H,6-7,12-14H2,1-3H3. The van der Waals surface area contributed by atoms with E-state index in [0.29, 0.717) is 34.9 Å². The number of hydrogen-bond acceptors (Lipinski definition) is 6. The van der Waals surface area contributed by atoms with Crippen molar-refractivity contribution >= 4 is 28.5 Å². The Morgan fingerprint density at radius 3 is 2.44 bits per heavy atom. The van der Waals surface area contributed by atoms with Gasteiger partial charge in [-0.05, 0) is 53.3 Å². The molecule has 0 amide bonds. The summed E-state index contributed by atoms with van der Waals surface area (Å²) in [7, 11) is 4.56. The molecule has 0 unspecified atom stereocenters. The van der Waals surface area contributed by atoms with Crippen LogP contribution in [-0.4, -0.2) is 43.3 Å². The smallest absolute Gasteiger partial charge is 0.325 e. The highest BCUT2D eigenvalue weighted by Gasteiger charge is 2.21. The second kappa shape index (κ2) is 9.22. The lowest BCUT2D eigenvalue weighted by Crippen LogP contribution is -2.34. The second-order valence-corrected chi connectivity index (χ2v) is 8.21. The number of fused-ring (bicyclic) bond motifs is 2. The number of pyridine rings is 1. The van der Waals surface area contributed by atoms with Crippen molar-refractivity contribution in [3.8, 4) is 11.5 Å². The number of hydrogen-bond donors (Lipinski definition) is 0. The summed E-state index contributed by atoms with van der Waals surface area (Å²) in [4.78, 5) is 27.5. The van der Waals surface area contributed by atoms with Gasteiger partial charge >= 0.3 is 5.97 Å². The van der Waals surface area contributed by atoms with Crippen molar-refractivity contribution in [2.75, 3.05) is 27.9 Å². The van der Waals surface area contributed by atoms with E-state index in [4.69, 9.17) is 25.8 Å². The van der Waals surface area contributed by atoms with E-state index in [1.54, 1.807) is 26.4 Å². The normalized spacial score (nSPS) is 13.6. The van der Waals surface area contributed by atoms with Crippen LogP contribution in [-0.2, 0) is 35.6 Å². The molecule has 0 atom stereocenters. The average Bonchev–Trinajstić information content (AvgIpc) is 2.80. The highest BCUT2D eigenvalue weighted by Crippen LogP contribution is 2.33. The Kier molecular flexibility index (Phi) is 6.39. The van der Waals surface area contributed by atoms with Crippen molar-refractivity contribution in [3.05, 3.63) is 68.5 Å². The van der Waals surface area contributed by atoms with Crippen LogP contribution in [0, 0.1) is 0 Å². The third-order valence-electron chi connectivity index (χ3n) is 5.84. The van der Waals surface area contributed by atoms with Crippen LogP contribution in [0.2, 0.25) is 5.02 Å². The van der Waals surface area contributed by atoms with Crippen LogP contribution < -0.4 is 15.0 Å². The van der Waals surface area contributed by atoms with E-state index in [1.807, 2.05) is 24.3 Å². The van der Waals surface area contributed by atoms with Gasteiger partial charge in [0.15, 0.2) is 11.5 Å². The van der Waals surface area contributed by atoms with Crippen LogP contribution in [0.1, 0.15) is 16.7 Å². The van der Waals surface area contributed by atoms with E-state index in [1.165, 1.54) is 17.2 Å². The molecule has 168 valence electrons. The summed E-state index contributed by atoms with van der Waals surface area (Å²) in [6.07, 6.45) is 0.842. The van der Waals surface area contributed by atoms with Gasteiger partial charge in [-0.1, -0.05) is 17.7 Å². The van der Waals surface area contributed by atoms with Crippen molar-refractivity contribution in [2.24, 2.45) is 0 Å². The molecular weight excluding hydrogens is 432 g/mol. The van der Waals surface area contributed by atoms with Crippen molar-refractivity contribution < 1.29 is 19.0 Å². The minimum Gasteiger partial charge on any atom is -0.493 e. The number of methoxy groups -OCH3 is 3. The van der Waals surface area contributed by atoms with Gasteiger partial charge in [-0.25, -0.2) is 0 Å². The molecule has 0 fully saturated rings. The molecule has 1 aliphatic rings. The molecule has 0 N–H and O–H groups in total. The van der Waals surface area contributed by atoms with Crippen LogP contribution in [0.5, 0.6) is 11.5 Å². The minimum atomic E-state index is -0.488. The Hall–Kier alpha value is -3.03. The molecule has 0 spiro atoms. The molecule has 7 nitrogen and oxygen atoms in total. The fourth-order valence-corrected chi connectivity index (χ4v) is 4.35. The summed E-state index contributed by atoms with van der Waals surface area (Å²) in [5.41, 5.74) is 3.37. The molecule has 0 saturated heterocycles. The van der Waals surface area contributed by atoms with Gasteiger partial charge in [-0.15, -0.1) is 0 Å². The Balaban J connectivity index is 1.68. The van der Waals surface area contributed by atoms with E-state index in [0.717, 1.165) is 29.7 Å². The molecule has 32 heavy (non-hydrogen) atoms. The van der Waals surface area contributed by atoms with Crippen molar-refractivity contribution in [1.82, 2.24) is 9.47 Å². The lowest BCUT2D eigenvalue weighted by molar-refractivity contribution is -0.141. The topological polar surface area (TPSA) is 70.0 Å². The molecule has 0 radical (unpaired) electrons. The van der Waals surface area contributed by atoms with Gasteiger partial charge in [0.2, 0.25) is 0 Å². The number of nitrogens with zero attached hydrogens (tertiary/aromatic N) is 2. The number of carbonyl (C=O) groups excluding carboxylic acids is 1. The van der Waals surface area contributed by atoms with Crippen molar-refractivity contribution in [3.63, 3.8) is 0 Å². The van der Waals surface area contributed by atoms with Gasteiger partial charge < -0.3 is 14.2 Å². The lowest BCUT2D eigenvalue weighted by Gasteiger charge is -2.29. The van der Waals surface area contributed by atoms with Crippen LogP contribution in [0.15, 0.2) is 41.2 Å². The predicted octanol–water partition coefficient (Wildman–Crippen LogP) is 3.40. The summed E-state index contributed by atoms with van der Waals surface area (Å²) in [5.74, 6) is 0.924. The van der Waals surface area contributed by atoms with Gasteiger partial charge in [0.1, 0.15) is 6.54 Å². The fourth-order valence-electron chi connectivity index (χ4n) is 4.19. The molecule has 2 heterocycles. The molecule has 0 bridgehead atoms. The fraction of sp³-hybridized carbons (Fsp3) is 0.333. The first-order valence-electron chi connectivity index (χ1n) is 10.3. The van der Waals surface area contributed by atoms with Crippen LogP contribution in [0.4, 0.5) is 0 Å². The highest BCUT2D eigenvalue weighted by atomic mass is 35.5. The van der Waals surface area contributed by atoms with Crippen LogP contribution >= 0.6 is 11.6 Å². The first-order chi connectivity index (χ1) is 15.4. The Labute approximate surface area is 191 Å². The number of esters is 1. The van der Waals surface area contributed by atoms with E-state index >= 15 is 0 Å². The summed E-state index contributed by atoms with van der Waals surface area (Å²) < 4.78 is 17.1. The zero-order chi connectivity index (χ0) is 22.8. The summed E-state index contributed by atoms with van der Waals surface area (Å²) >= 11 is 6.14. The van der Waals surface area contributed by atoms with E-state index in [-0.39, 0.29) is 12.1 Å². The Bertz CT molecular complexity index is 1240. The summed E-state index contributed by atoms with van der Waals surface area (Å²) in [6.45, 7) is 1.79. The minimum absolute atomic E-state index is 0.167. The summed E-state index contributed by atoms with van der Waals surface area (Å²) in [6, 6.07) is 11.2. The van der Waals surface area contributed by atoms with Crippen LogP contribution in [0.25, 0.3) is 10.9 Å². The number of benzene rings is 2. The second-order valence-electron chi connectivity index (χ2n) is 7.78. The molecule has 2 aromatic carbocycles. The molecule has 4 rings (SSSR count). The third-order valence-corrected chi connectivity index (χ3v) is 6.07. The average molecular weight is 457 g/mol. The molecule has 1 aliphatic heterocycles. The molecule has 0 aliphatic carbocycles. The first-order valence-corrected chi connectivity index (χ1v) is 10.7. The van der Waals surface area contributed by atoms with E-state index < -0.39 is 5.97 Å². The monoisotopic (exact) mass is 456 g/mol. The van der Waals surface area contributed by atoms with Gasteiger partial charge in [0.25, 0.3) is 5.56 Å². The maximum atomic E-state index is 13.3. The highest BCUT2D eigenvalue weighted by molar-refractivity contribution is 6.31. The Morgan fingerprint density at radius 1 is 1.03 bits per heavy atom. The maximum absolute atomic E-state index is 13.3. The molecular formula is C24H25ClN2O5. The zero-order valence-corrected chi connectivity index (χ0v) is 19.1. The number of rotatable bonds is 6. The number of aromatic nitrogens is 1. The van der Waals surface area contributed by atoms with Gasteiger partial charge in [-0.3, -0.25) is 19.1 Å². The number of halogens is 1. The van der Waals surface area contributed by atoms with Gasteiger partial charge in [0, 0.05) is 30.2 Å². The molecule has 8 heteroatoms. The van der Waals surface area contributed by atoms with Crippen LogP contribution in [0.3, 0.4) is 0 Å². The predicted molar refractivity (Wildman–Crippen MR) is 123 cm³/mol. The number of carbonyl (C=O) groups is 1. The van der Waals surface area contributed by atoms with E-state index in [2.05, 4.69) is 4.90 Å². The quantitative estimate of drug-likeness (QED) is 0.529. The van der Waals surface area contributed by atoms with Crippen molar-refractivity contribution in [1.29, 1.82) is 0 Å². The largest absolute Gasteiger partial charge is 0.493 e. The number of ether oxygens (including phenoxy) is 3. The zero-order valence-electron chi connectivity index (χ0n) is 18.3. The summed E-state index contributed by atoms with van der Waals surface area (Å²) in [5, 5.41) is 1.34. The van der Waals surface area contributed by atoms with Gasteiger partial charge in [-0.2, -0.15) is 0 Å². The lowest BCUT2D eigenvalue weighted by atomic mass is 9.98. The van der Waals surface area contributed by atoms with Gasteiger partial charge in [0.05, 0.1) is 26.8 Å². The van der Waals surface area contributed by atoms with Crippen molar-refractivity contribution in [2.45, 2.75) is 26.1 Å². The molecule has 3 aromatic rings. The Morgan fingerprint density at radius 2 is 1.75 bits per heavy atom. The SMILES string of the molecule is COC(=O)Cn1c(=O)c(CN2CCc3cc(OC)c(OC)cc3C2)cc2ccc(Cl)cc21. The van der Waals surface area contributed by atoms with E-state index in [9.17, 15) is 9.59 Å².